The highest BCUT2D eigenvalue weighted by atomic mass is 31.2. The zero-order chi connectivity index (χ0) is 51.5. The van der Waals surface area contributed by atoms with E-state index >= 15 is 0 Å². The predicted octanol–water partition coefficient (Wildman–Crippen LogP) is 8.94. The SMILES string of the molecule is CCCCC/C=C\C/C=C\C/C=C\C/C=C\C/C=C\CCC(=O)O[C@H](COC(=O)CCC/C=C\C/C=C\C/C=C\CC1OC1CCCCC)COP(=O)(O)O[C@H]1C(O)C(O)C(O)[C@@H](OP(=O)(O)O)C1O. The standard InChI is InChI=1S/C51H82O17P2/c1-3-5-7-8-9-10-11-12-13-14-15-16-17-18-19-24-27-30-34-38-45(53)65-41(40-64-70(61,62)68-51-48(56)46(54)47(55)50(49(51)57)67-69(58,59)60)39-63-44(52)37-33-29-26-23-21-20-22-25-28-32-36-43-42(66-43)35-31-6-4-2/h9-10,12-13,15-16,18-20,22-23,26-28,30,32,41-43,46-51,54-57H,3-8,11,14,17,21,24-25,29,31,33-40H2,1-2H3,(H,61,62)(H2,58,59,60)/b10-9-,13-12-,16-15-,19-18-,22-20-,26-23-,30-27-,32-28-/t41-,42?,43?,46?,47?,48?,49?,50-,51+/m1/s1. The van der Waals surface area contributed by atoms with Crippen molar-refractivity contribution in [1.29, 1.82) is 0 Å². The number of aliphatic hydroxyl groups excluding tert-OH is 4. The molecule has 19 heteroatoms. The zero-order valence-electron chi connectivity index (χ0n) is 41.1. The van der Waals surface area contributed by atoms with E-state index in [1.54, 1.807) is 6.08 Å². The molecular formula is C51H82O17P2. The Labute approximate surface area is 415 Å². The molecule has 0 spiro atoms. The van der Waals surface area contributed by atoms with E-state index < -0.39 is 83.5 Å². The first-order chi connectivity index (χ1) is 33.6. The summed E-state index contributed by atoms with van der Waals surface area (Å²) >= 11 is 0. The minimum Gasteiger partial charge on any atom is -0.462 e. The number of carbonyl (C=O) groups excluding carboxylic acids is 2. The lowest BCUT2D eigenvalue weighted by Crippen LogP contribution is -2.64. The maximum absolute atomic E-state index is 13.0. The largest absolute Gasteiger partial charge is 0.472 e. The van der Waals surface area contributed by atoms with Gasteiger partial charge < -0.3 is 49.3 Å². The first kappa shape index (κ1) is 63.0. The molecule has 0 aromatic heterocycles. The first-order valence-electron chi connectivity index (χ1n) is 24.9. The van der Waals surface area contributed by atoms with Gasteiger partial charge >= 0.3 is 27.6 Å². The molecule has 2 rings (SSSR count). The molecule has 7 unspecified atom stereocenters. The highest BCUT2D eigenvalue weighted by Gasteiger charge is 2.54. The van der Waals surface area contributed by atoms with Crippen LogP contribution >= 0.6 is 15.6 Å². The van der Waals surface area contributed by atoms with E-state index in [2.05, 4.69) is 79.1 Å². The fourth-order valence-electron chi connectivity index (χ4n) is 7.09. The van der Waals surface area contributed by atoms with Gasteiger partial charge in [0.25, 0.3) is 0 Å². The highest BCUT2D eigenvalue weighted by Crippen LogP contribution is 2.49. The van der Waals surface area contributed by atoms with E-state index in [1.165, 1.54) is 38.5 Å². The van der Waals surface area contributed by atoms with Crippen LogP contribution in [0.5, 0.6) is 0 Å². The van der Waals surface area contributed by atoms with E-state index in [1.807, 2.05) is 30.4 Å². The van der Waals surface area contributed by atoms with Gasteiger partial charge in [-0.15, -0.1) is 0 Å². The van der Waals surface area contributed by atoms with Crippen molar-refractivity contribution in [2.45, 2.75) is 197 Å². The molecule has 0 radical (unpaired) electrons. The van der Waals surface area contributed by atoms with Crippen molar-refractivity contribution in [2.75, 3.05) is 13.2 Å². The van der Waals surface area contributed by atoms with Crippen LogP contribution < -0.4 is 0 Å². The molecule has 0 amide bonds. The Hall–Kier alpha value is -3.12. The number of phosphoric ester groups is 2. The lowest BCUT2D eigenvalue weighted by Gasteiger charge is -2.43. The van der Waals surface area contributed by atoms with E-state index in [4.69, 9.17) is 23.3 Å². The Morgan fingerprint density at radius 1 is 0.529 bits per heavy atom. The molecule has 0 aromatic rings. The van der Waals surface area contributed by atoms with Crippen LogP contribution in [0, 0.1) is 0 Å². The second-order valence-electron chi connectivity index (χ2n) is 17.2. The van der Waals surface area contributed by atoms with Gasteiger partial charge in [-0.3, -0.25) is 23.2 Å². The number of hydrogen-bond donors (Lipinski definition) is 7. The molecule has 1 saturated carbocycles. The molecule has 17 nitrogen and oxygen atoms in total. The molecule has 0 bridgehead atoms. The van der Waals surface area contributed by atoms with Crippen molar-refractivity contribution in [3.05, 3.63) is 97.2 Å². The number of ether oxygens (including phenoxy) is 3. The Morgan fingerprint density at radius 2 is 1.01 bits per heavy atom. The predicted molar refractivity (Wildman–Crippen MR) is 268 cm³/mol. The van der Waals surface area contributed by atoms with Gasteiger partial charge in [-0.25, -0.2) is 9.13 Å². The Kier molecular flexibility index (Phi) is 33.8. The summed E-state index contributed by atoms with van der Waals surface area (Å²) in [6, 6.07) is 0. The molecule has 1 aliphatic heterocycles. The number of esters is 2. The molecule has 2 fully saturated rings. The van der Waals surface area contributed by atoms with Crippen LogP contribution in [0.15, 0.2) is 97.2 Å². The van der Waals surface area contributed by atoms with Crippen LogP contribution in [0.2, 0.25) is 0 Å². The third-order valence-corrected chi connectivity index (χ3v) is 12.6. The van der Waals surface area contributed by atoms with Crippen LogP contribution in [-0.4, -0.2) is 115 Å². The number of allylic oxidation sites excluding steroid dienone is 15. The summed E-state index contributed by atoms with van der Waals surface area (Å²) < 4.78 is 55.0. The maximum atomic E-state index is 13.0. The molecule has 1 heterocycles. The number of aliphatic hydroxyl groups is 4. The second-order valence-corrected chi connectivity index (χ2v) is 19.8. The van der Waals surface area contributed by atoms with Crippen molar-refractivity contribution in [3.8, 4) is 0 Å². The molecule has 10 atom stereocenters. The second kappa shape index (κ2) is 37.6. The average molecular weight is 1030 g/mol. The molecule has 7 N–H and O–H groups in total. The van der Waals surface area contributed by atoms with Crippen molar-refractivity contribution in [2.24, 2.45) is 0 Å². The number of phosphoric acid groups is 2. The Bertz CT molecular complexity index is 1790. The summed E-state index contributed by atoms with van der Waals surface area (Å²) in [6.07, 6.45) is 35.5. The van der Waals surface area contributed by atoms with Gasteiger partial charge in [0.15, 0.2) is 6.10 Å². The molecule has 70 heavy (non-hydrogen) atoms. The smallest absolute Gasteiger partial charge is 0.462 e. The van der Waals surface area contributed by atoms with Gasteiger partial charge in [-0.05, 0) is 83.5 Å². The van der Waals surface area contributed by atoms with Gasteiger partial charge in [0.1, 0.15) is 43.2 Å². The van der Waals surface area contributed by atoms with Crippen molar-refractivity contribution < 1.29 is 81.6 Å². The lowest BCUT2D eigenvalue weighted by atomic mass is 9.85. The van der Waals surface area contributed by atoms with Crippen molar-refractivity contribution >= 4 is 27.6 Å². The van der Waals surface area contributed by atoms with E-state index in [9.17, 15) is 53.8 Å². The molecule has 1 saturated heterocycles. The van der Waals surface area contributed by atoms with E-state index in [0.717, 1.165) is 51.4 Å². The molecule has 398 valence electrons. The number of epoxide rings is 1. The summed E-state index contributed by atoms with van der Waals surface area (Å²) in [5.41, 5.74) is 0. The minimum absolute atomic E-state index is 0.0198. The quantitative estimate of drug-likeness (QED) is 0.00995. The number of rotatable bonds is 39. The first-order valence-corrected chi connectivity index (χ1v) is 27.9. The van der Waals surface area contributed by atoms with Crippen LogP contribution in [0.1, 0.15) is 142 Å². The third kappa shape index (κ3) is 30.7. The normalized spacial score (nSPS) is 24.7. The third-order valence-electron chi connectivity index (χ3n) is 11.1. The maximum Gasteiger partial charge on any atom is 0.472 e. The molecule has 1 aliphatic carbocycles. The molecule has 2 aliphatic rings. The summed E-state index contributed by atoms with van der Waals surface area (Å²) in [4.78, 5) is 54.3. The number of unbranched alkanes of at least 4 members (excludes halogenated alkanes) is 6. The van der Waals surface area contributed by atoms with Gasteiger partial charge in [-0.1, -0.05) is 143 Å². The van der Waals surface area contributed by atoms with Gasteiger partial charge in [0.05, 0.1) is 18.8 Å². The summed E-state index contributed by atoms with van der Waals surface area (Å²) in [5.74, 6) is -1.38. The van der Waals surface area contributed by atoms with Crippen LogP contribution in [0.25, 0.3) is 0 Å². The zero-order valence-corrected chi connectivity index (χ0v) is 42.9. The fourth-order valence-corrected chi connectivity index (χ4v) is 8.63. The van der Waals surface area contributed by atoms with Crippen LogP contribution in [-0.2, 0) is 46.5 Å². The molecular weight excluding hydrogens is 946 g/mol. The Morgan fingerprint density at radius 3 is 1.56 bits per heavy atom. The van der Waals surface area contributed by atoms with Gasteiger partial charge in [-0.2, -0.15) is 0 Å². The van der Waals surface area contributed by atoms with E-state index in [0.29, 0.717) is 37.9 Å². The van der Waals surface area contributed by atoms with Crippen molar-refractivity contribution in [3.63, 3.8) is 0 Å². The number of carbonyl (C=O) groups is 2. The minimum atomic E-state index is -5.38. The topological polar surface area (TPSA) is 269 Å². The van der Waals surface area contributed by atoms with E-state index in [-0.39, 0.29) is 12.8 Å². The Balaban J connectivity index is 1.83. The van der Waals surface area contributed by atoms with Crippen LogP contribution in [0.3, 0.4) is 0 Å². The highest BCUT2D eigenvalue weighted by molar-refractivity contribution is 7.47. The summed E-state index contributed by atoms with van der Waals surface area (Å²) in [6.45, 7) is 2.93. The summed E-state index contributed by atoms with van der Waals surface area (Å²) in [5, 5.41) is 41.3. The average Bonchev–Trinajstić information content (AvgIpc) is 4.07. The fraction of sp³-hybridized carbons (Fsp3) is 0.647. The van der Waals surface area contributed by atoms with Gasteiger partial charge in [0, 0.05) is 12.8 Å². The summed E-state index contributed by atoms with van der Waals surface area (Å²) in [7, 11) is -10.7. The number of hydrogen-bond acceptors (Lipinski definition) is 14. The lowest BCUT2D eigenvalue weighted by molar-refractivity contribution is -0.216. The monoisotopic (exact) mass is 1030 g/mol. The molecule has 0 aromatic carbocycles. The van der Waals surface area contributed by atoms with Gasteiger partial charge in [0.2, 0.25) is 0 Å². The van der Waals surface area contributed by atoms with Crippen molar-refractivity contribution in [1.82, 2.24) is 0 Å². The van der Waals surface area contributed by atoms with Crippen LogP contribution in [0.4, 0.5) is 0 Å².